The third-order valence-electron chi connectivity index (χ3n) is 5.34. The first kappa shape index (κ1) is 24.3. The van der Waals surface area contributed by atoms with Crippen LogP contribution in [-0.4, -0.2) is 31.6 Å². The highest BCUT2D eigenvalue weighted by atomic mass is 32.1. The summed E-state index contributed by atoms with van der Waals surface area (Å²) in [5, 5.41) is 6.67. The molecule has 0 spiro atoms. The first-order valence-corrected chi connectivity index (χ1v) is 12.0. The molecule has 1 atom stereocenters. The zero-order chi connectivity index (χ0) is 24.9. The van der Waals surface area contributed by atoms with E-state index in [4.69, 9.17) is 0 Å². The molecule has 0 radical (unpaired) electrons. The van der Waals surface area contributed by atoms with E-state index in [9.17, 15) is 14.0 Å². The molecule has 1 aromatic carbocycles. The van der Waals surface area contributed by atoms with Gasteiger partial charge in [0.15, 0.2) is 11.4 Å². The number of Topliss-reactive ketones (excluding diaryl/α,β-unsaturated/α-hetero) is 1. The molecular formula is C25H25FN6O2S. The van der Waals surface area contributed by atoms with Crippen molar-refractivity contribution < 1.29 is 14.0 Å². The van der Waals surface area contributed by atoms with E-state index in [2.05, 4.69) is 30.6 Å². The predicted molar refractivity (Wildman–Crippen MR) is 134 cm³/mol. The van der Waals surface area contributed by atoms with Gasteiger partial charge in [0.2, 0.25) is 11.9 Å². The van der Waals surface area contributed by atoms with Gasteiger partial charge in [-0.3, -0.25) is 14.6 Å². The fourth-order valence-electron chi connectivity index (χ4n) is 3.65. The Balaban J connectivity index is 1.47. The average molecular weight is 493 g/mol. The van der Waals surface area contributed by atoms with Gasteiger partial charge in [0, 0.05) is 25.2 Å². The Labute approximate surface area is 206 Å². The van der Waals surface area contributed by atoms with Gasteiger partial charge in [-0.1, -0.05) is 12.1 Å². The van der Waals surface area contributed by atoms with E-state index in [1.165, 1.54) is 24.3 Å². The Morgan fingerprint density at radius 2 is 1.89 bits per heavy atom. The maximum atomic E-state index is 13.6. The maximum absolute atomic E-state index is 13.6. The highest BCUT2D eigenvalue weighted by Gasteiger charge is 2.19. The Hall–Kier alpha value is -3.79. The number of amides is 1. The normalized spacial score (nSPS) is 11.9. The molecule has 0 saturated carbocycles. The lowest BCUT2D eigenvalue weighted by Gasteiger charge is -2.14. The lowest BCUT2D eigenvalue weighted by Crippen LogP contribution is -2.13. The molecule has 0 aliphatic carbocycles. The number of halogens is 1. The summed E-state index contributed by atoms with van der Waals surface area (Å²) in [5.41, 5.74) is 3.26. The Morgan fingerprint density at radius 3 is 2.60 bits per heavy atom. The van der Waals surface area contributed by atoms with Crippen LogP contribution in [0, 0.1) is 12.7 Å². The fourth-order valence-corrected chi connectivity index (χ4v) is 4.52. The van der Waals surface area contributed by atoms with Crippen molar-refractivity contribution in [2.45, 2.75) is 46.1 Å². The Kier molecular flexibility index (Phi) is 7.40. The SMILES string of the molecule is CC(=O)Nc1ccc(CCCC(=O)c2nc(N[C@@H](C)c3cncc(F)c3)nc3nc(C)sc23)cc1. The number of benzene rings is 1. The van der Waals surface area contributed by atoms with E-state index in [0.717, 1.165) is 28.9 Å². The number of hydrogen-bond acceptors (Lipinski definition) is 8. The summed E-state index contributed by atoms with van der Waals surface area (Å²) in [4.78, 5) is 41.6. The molecule has 8 nitrogen and oxygen atoms in total. The molecule has 0 bridgehead atoms. The maximum Gasteiger partial charge on any atom is 0.225 e. The van der Waals surface area contributed by atoms with Crippen molar-refractivity contribution in [3.8, 4) is 0 Å². The van der Waals surface area contributed by atoms with Gasteiger partial charge in [-0.25, -0.2) is 14.4 Å². The van der Waals surface area contributed by atoms with Gasteiger partial charge < -0.3 is 10.6 Å². The van der Waals surface area contributed by atoms with Crippen LogP contribution in [0.3, 0.4) is 0 Å². The van der Waals surface area contributed by atoms with Crippen LogP contribution in [0.5, 0.6) is 0 Å². The zero-order valence-corrected chi connectivity index (χ0v) is 20.4. The first-order valence-electron chi connectivity index (χ1n) is 11.2. The van der Waals surface area contributed by atoms with E-state index in [1.54, 1.807) is 6.20 Å². The minimum Gasteiger partial charge on any atom is -0.348 e. The van der Waals surface area contributed by atoms with Crippen molar-refractivity contribution >= 4 is 45.0 Å². The summed E-state index contributed by atoms with van der Waals surface area (Å²) >= 11 is 1.39. The summed E-state index contributed by atoms with van der Waals surface area (Å²) in [6, 6.07) is 8.65. The van der Waals surface area contributed by atoms with Crippen molar-refractivity contribution in [3.05, 3.63) is 70.4 Å². The number of nitrogens with one attached hydrogen (secondary N) is 2. The molecular weight excluding hydrogens is 467 g/mol. The number of ketones is 1. The molecule has 35 heavy (non-hydrogen) atoms. The van der Waals surface area contributed by atoms with Crippen LogP contribution in [0.1, 0.15) is 59.4 Å². The summed E-state index contributed by atoms with van der Waals surface area (Å²) in [6.45, 7) is 5.17. The number of anilines is 2. The molecule has 0 aliphatic heterocycles. The zero-order valence-electron chi connectivity index (χ0n) is 19.6. The third kappa shape index (κ3) is 6.21. The van der Waals surface area contributed by atoms with Crippen LogP contribution in [0.15, 0.2) is 42.7 Å². The van der Waals surface area contributed by atoms with Gasteiger partial charge >= 0.3 is 0 Å². The number of thiazole rings is 1. The van der Waals surface area contributed by atoms with Gasteiger partial charge in [0.1, 0.15) is 16.2 Å². The molecule has 0 saturated heterocycles. The Morgan fingerprint density at radius 1 is 1.11 bits per heavy atom. The quantitative estimate of drug-likeness (QED) is 0.306. The van der Waals surface area contributed by atoms with Crippen LogP contribution in [0.2, 0.25) is 0 Å². The van der Waals surface area contributed by atoms with Crippen LogP contribution >= 0.6 is 11.3 Å². The Bertz CT molecular complexity index is 1370. The number of carbonyl (C=O) groups is 2. The van der Waals surface area contributed by atoms with Crippen LogP contribution in [0.25, 0.3) is 10.3 Å². The van der Waals surface area contributed by atoms with Crippen LogP contribution in [-0.2, 0) is 11.2 Å². The summed E-state index contributed by atoms with van der Waals surface area (Å²) in [5.74, 6) is -0.368. The molecule has 3 aromatic heterocycles. The number of hydrogen-bond donors (Lipinski definition) is 2. The predicted octanol–water partition coefficient (Wildman–Crippen LogP) is 5.27. The van der Waals surface area contributed by atoms with E-state index in [1.807, 2.05) is 38.1 Å². The summed E-state index contributed by atoms with van der Waals surface area (Å²) in [7, 11) is 0. The largest absolute Gasteiger partial charge is 0.348 e. The van der Waals surface area contributed by atoms with Crippen molar-refractivity contribution in [1.82, 2.24) is 19.9 Å². The van der Waals surface area contributed by atoms with E-state index in [-0.39, 0.29) is 23.7 Å². The monoisotopic (exact) mass is 492 g/mol. The number of fused-ring (bicyclic) bond motifs is 1. The third-order valence-corrected chi connectivity index (χ3v) is 6.31. The number of aryl methyl sites for hydroxylation is 2. The minimum absolute atomic E-state index is 0.0842. The van der Waals surface area contributed by atoms with E-state index >= 15 is 0 Å². The first-order chi connectivity index (χ1) is 16.8. The van der Waals surface area contributed by atoms with Crippen LogP contribution in [0.4, 0.5) is 16.0 Å². The van der Waals surface area contributed by atoms with Gasteiger partial charge in [0.25, 0.3) is 0 Å². The molecule has 180 valence electrons. The number of aromatic nitrogens is 4. The number of rotatable bonds is 9. The second-order valence-electron chi connectivity index (χ2n) is 8.24. The van der Waals surface area contributed by atoms with Crippen molar-refractivity contribution in [2.75, 3.05) is 10.6 Å². The van der Waals surface area contributed by atoms with Crippen molar-refractivity contribution in [2.24, 2.45) is 0 Å². The topological polar surface area (TPSA) is 110 Å². The molecule has 1 amide bonds. The smallest absolute Gasteiger partial charge is 0.225 e. The van der Waals surface area contributed by atoms with Crippen molar-refractivity contribution in [3.63, 3.8) is 0 Å². The van der Waals surface area contributed by atoms with E-state index < -0.39 is 5.82 Å². The number of pyridine rings is 1. The molecule has 0 aliphatic rings. The fraction of sp³-hybridized carbons (Fsp3) is 0.280. The highest BCUT2D eigenvalue weighted by molar-refractivity contribution is 7.18. The molecule has 4 aromatic rings. The number of carbonyl (C=O) groups excluding carboxylic acids is 2. The molecule has 0 unspecified atom stereocenters. The molecule has 3 heterocycles. The lowest BCUT2D eigenvalue weighted by molar-refractivity contribution is -0.114. The minimum atomic E-state index is -0.428. The molecule has 10 heteroatoms. The van der Waals surface area contributed by atoms with Crippen LogP contribution < -0.4 is 10.6 Å². The lowest BCUT2D eigenvalue weighted by atomic mass is 10.0. The van der Waals surface area contributed by atoms with E-state index in [0.29, 0.717) is 34.4 Å². The summed E-state index contributed by atoms with van der Waals surface area (Å²) < 4.78 is 14.2. The second-order valence-corrected chi connectivity index (χ2v) is 9.44. The average Bonchev–Trinajstić information content (AvgIpc) is 3.19. The second kappa shape index (κ2) is 10.6. The summed E-state index contributed by atoms with van der Waals surface area (Å²) in [6.07, 6.45) is 4.40. The van der Waals surface area contributed by atoms with Gasteiger partial charge in [-0.05, 0) is 56.0 Å². The van der Waals surface area contributed by atoms with Gasteiger partial charge in [-0.2, -0.15) is 4.98 Å². The molecule has 0 fully saturated rings. The van der Waals surface area contributed by atoms with Gasteiger partial charge in [0.05, 0.1) is 17.2 Å². The number of nitrogens with zero attached hydrogens (tertiary/aromatic N) is 4. The molecule has 4 rings (SSSR count). The standard InChI is InChI=1S/C25H25FN6O2S/c1-14(18-11-19(26)13-27-12-18)28-25-31-22(23-24(32-25)30-16(3)35-23)21(34)6-4-5-17-7-9-20(10-8-17)29-15(2)33/h7-14H,4-6H2,1-3H3,(H,29,33)(H,28,31,32)/t14-/m0/s1. The van der Waals surface area contributed by atoms with Crippen molar-refractivity contribution in [1.29, 1.82) is 0 Å². The van der Waals surface area contributed by atoms with Gasteiger partial charge in [-0.15, -0.1) is 11.3 Å². The highest BCUT2D eigenvalue weighted by Crippen LogP contribution is 2.27. The molecule has 2 N–H and O–H groups in total.